The molecule has 3 rings (SSSR count). The summed E-state index contributed by atoms with van der Waals surface area (Å²) < 4.78 is 3.75. The molecule has 1 atom stereocenters. The molecule has 1 aromatic heterocycles. The molecule has 0 saturated carbocycles. The SMILES string of the molecule is O=C(c1csnn1)N1CCCC(Nc2ccccc2)C1. The molecule has 1 unspecified atom stereocenters. The number of aromatic nitrogens is 2. The Hall–Kier alpha value is -1.95. The summed E-state index contributed by atoms with van der Waals surface area (Å²) in [4.78, 5) is 14.1. The van der Waals surface area contributed by atoms with Gasteiger partial charge in [-0.25, -0.2) is 0 Å². The monoisotopic (exact) mass is 288 g/mol. The van der Waals surface area contributed by atoms with E-state index in [1.54, 1.807) is 5.38 Å². The number of nitrogens with zero attached hydrogens (tertiary/aromatic N) is 3. The number of carbonyl (C=O) groups excluding carboxylic acids is 1. The van der Waals surface area contributed by atoms with Gasteiger partial charge in [0.15, 0.2) is 5.69 Å². The molecule has 0 radical (unpaired) electrons. The molecule has 104 valence electrons. The first kappa shape index (κ1) is 13.1. The highest BCUT2D eigenvalue weighted by Gasteiger charge is 2.25. The molecule has 1 aliphatic rings. The number of amides is 1. The van der Waals surface area contributed by atoms with Gasteiger partial charge in [0.25, 0.3) is 5.91 Å². The van der Waals surface area contributed by atoms with Crippen LogP contribution < -0.4 is 5.32 Å². The molecule has 1 fully saturated rings. The highest BCUT2D eigenvalue weighted by molar-refractivity contribution is 7.03. The van der Waals surface area contributed by atoms with Crippen molar-refractivity contribution in [2.45, 2.75) is 18.9 Å². The van der Waals surface area contributed by atoms with Crippen LogP contribution in [0.3, 0.4) is 0 Å². The number of anilines is 1. The molecule has 20 heavy (non-hydrogen) atoms. The predicted octanol–water partition coefficient (Wildman–Crippen LogP) is 2.25. The second-order valence-electron chi connectivity index (χ2n) is 4.89. The summed E-state index contributed by atoms with van der Waals surface area (Å²) in [6.07, 6.45) is 2.09. The Morgan fingerprint density at radius 3 is 2.95 bits per heavy atom. The zero-order valence-corrected chi connectivity index (χ0v) is 11.8. The summed E-state index contributed by atoms with van der Waals surface area (Å²) in [5.41, 5.74) is 1.55. The Kier molecular flexibility index (Phi) is 3.92. The first-order valence-electron chi connectivity index (χ1n) is 6.71. The van der Waals surface area contributed by atoms with E-state index in [4.69, 9.17) is 0 Å². The van der Waals surface area contributed by atoms with Crippen LogP contribution in [0.1, 0.15) is 23.3 Å². The minimum Gasteiger partial charge on any atom is -0.381 e. The van der Waals surface area contributed by atoms with Crippen LogP contribution in [-0.2, 0) is 0 Å². The lowest BCUT2D eigenvalue weighted by molar-refractivity contribution is 0.0709. The van der Waals surface area contributed by atoms with E-state index in [0.717, 1.165) is 25.1 Å². The van der Waals surface area contributed by atoms with E-state index in [2.05, 4.69) is 14.9 Å². The first-order chi connectivity index (χ1) is 9.83. The van der Waals surface area contributed by atoms with Crippen molar-refractivity contribution in [3.63, 3.8) is 0 Å². The number of likely N-dealkylation sites (tertiary alicyclic amines) is 1. The Morgan fingerprint density at radius 2 is 2.20 bits per heavy atom. The minimum absolute atomic E-state index is 0.0155. The van der Waals surface area contributed by atoms with Gasteiger partial charge in [-0.3, -0.25) is 4.79 Å². The number of benzene rings is 1. The van der Waals surface area contributed by atoms with Gasteiger partial charge in [-0.1, -0.05) is 22.7 Å². The lowest BCUT2D eigenvalue weighted by atomic mass is 10.0. The minimum atomic E-state index is -0.0155. The van der Waals surface area contributed by atoms with Crippen molar-refractivity contribution in [1.82, 2.24) is 14.5 Å². The van der Waals surface area contributed by atoms with E-state index in [9.17, 15) is 4.79 Å². The fraction of sp³-hybridized carbons (Fsp3) is 0.357. The Bertz CT molecular complexity index is 558. The van der Waals surface area contributed by atoms with E-state index in [-0.39, 0.29) is 5.91 Å². The third-order valence-electron chi connectivity index (χ3n) is 3.43. The number of piperidine rings is 1. The molecule has 2 heterocycles. The van der Waals surface area contributed by atoms with Gasteiger partial charge >= 0.3 is 0 Å². The van der Waals surface area contributed by atoms with Crippen LogP contribution >= 0.6 is 11.5 Å². The topological polar surface area (TPSA) is 58.1 Å². The molecule has 0 aliphatic carbocycles. The third kappa shape index (κ3) is 2.96. The summed E-state index contributed by atoms with van der Waals surface area (Å²) >= 11 is 1.21. The fourth-order valence-electron chi connectivity index (χ4n) is 2.47. The molecule has 1 N–H and O–H groups in total. The average molecular weight is 288 g/mol. The molecule has 6 heteroatoms. The largest absolute Gasteiger partial charge is 0.381 e. The summed E-state index contributed by atoms with van der Waals surface area (Å²) in [6.45, 7) is 1.51. The zero-order chi connectivity index (χ0) is 13.8. The van der Waals surface area contributed by atoms with Gasteiger partial charge in [0.1, 0.15) is 0 Å². The summed E-state index contributed by atoms with van der Waals surface area (Å²) in [7, 11) is 0. The van der Waals surface area contributed by atoms with Crippen molar-refractivity contribution in [3.8, 4) is 0 Å². The summed E-state index contributed by atoms with van der Waals surface area (Å²) in [5.74, 6) is -0.0155. The Balaban J connectivity index is 1.63. The molecular formula is C14H16N4OS. The van der Waals surface area contributed by atoms with E-state index >= 15 is 0 Å². The van der Waals surface area contributed by atoms with Crippen molar-refractivity contribution >= 4 is 23.1 Å². The van der Waals surface area contributed by atoms with E-state index in [1.807, 2.05) is 35.2 Å². The van der Waals surface area contributed by atoms with Crippen molar-refractivity contribution in [2.75, 3.05) is 18.4 Å². The molecule has 0 spiro atoms. The van der Waals surface area contributed by atoms with Gasteiger partial charge < -0.3 is 10.2 Å². The van der Waals surface area contributed by atoms with Crippen molar-refractivity contribution < 1.29 is 4.79 Å². The maximum Gasteiger partial charge on any atom is 0.275 e. The molecule has 0 bridgehead atoms. The van der Waals surface area contributed by atoms with Crippen LogP contribution in [0.5, 0.6) is 0 Å². The quantitative estimate of drug-likeness (QED) is 0.941. The molecule has 1 saturated heterocycles. The number of para-hydroxylation sites is 1. The summed E-state index contributed by atoms with van der Waals surface area (Å²) in [5, 5.41) is 9.05. The lowest BCUT2D eigenvalue weighted by Gasteiger charge is -2.33. The van der Waals surface area contributed by atoms with Crippen molar-refractivity contribution in [2.24, 2.45) is 0 Å². The van der Waals surface area contributed by atoms with Crippen LogP contribution in [0.4, 0.5) is 5.69 Å². The average Bonchev–Trinajstić information content (AvgIpc) is 3.02. The van der Waals surface area contributed by atoms with Gasteiger partial charge in [-0.2, -0.15) is 0 Å². The first-order valence-corrected chi connectivity index (χ1v) is 7.54. The third-order valence-corrected chi connectivity index (χ3v) is 3.94. The molecule has 2 aromatic rings. The van der Waals surface area contributed by atoms with Crippen molar-refractivity contribution in [3.05, 3.63) is 41.4 Å². The van der Waals surface area contributed by atoms with Gasteiger partial charge in [0.2, 0.25) is 0 Å². The van der Waals surface area contributed by atoms with Crippen LogP contribution in [-0.4, -0.2) is 39.5 Å². The standard InChI is InChI=1S/C14H16N4OS/c19-14(13-10-20-17-16-13)18-8-4-7-12(9-18)15-11-5-2-1-3-6-11/h1-3,5-6,10,12,15H,4,7-9H2. The van der Waals surface area contributed by atoms with Gasteiger partial charge in [0, 0.05) is 30.2 Å². The van der Waals surface area contributed by atoms with E-state index in [0.29, 0.717) is 18.3 Å². The predicted molar refractivity (Wildman–Crippen MR) is 78.9 cm³/mol. The molecule has 1 aromatic carbocycles. The normalized spacial score (nSPS) is 18.8. The lowest BCUT2D eigenvalue weighted by Crippen LogP contribution is -2.45. The van der Waals surface area contributed by atoms with E-state index in [1.165, 1.54) is 11.5 Å². The highest BCUT2D eigenvalue weighted by Crippen LogP contribution is 2.17. The number of hydrogen-bond donors (Lipinski definition) is 1. The molecule has 1 aliphatic heterocycles. The number of hydrogen-bond acceptors (Lipinski definition) is 5. The van der Waals surface area contributed by atoms with Gasteiger partial charge in [-0.05, 0) is 36.5 Å². The second kappa shape index (κ2) is 6.00. The molecule has 1 amide bonds. The Morgan fingerprint density at radius 1 is 1.35 bits per heavy atom. The van der Waals surface area contributed by atoms with Crippen LogP contribution in [0.25, 0.3) is 0 Å². The van der Waals surface area contributed by atoms with Crippen molar-refractivity contribution in [1.29, 1.82) is 0 Å². The maximum absolute atomic E-state index is 12.3. The van der Waals surface area contributed by atoms with Crippen LogP contribution in [0.2, 0.25) is 0 Å². The maximum atomic E-state index is 12.3. The van der Waals surface area contributed by atoms with Crippen LogP contribution in [0, 0.1) is 0 Å². The second-order valence-corrected chi connectivity index (χ2v) is 5.50. The smallest absolute Gasteiger partial charge is 0.275 e. The van der Waals surface area contributed by atoms with Crippen LogP contribution in [0.15, 0.2) is 35.7 Å². The summed E-state index contributed by atoms with van der Waals surface area (Å²) in [6, 6.07) is 10.4. The molecule has 5 nitrogen and oxygen atoms in total. The number of carbonyl (C=O) groups is 1. The van der Waals surface area contributed by atoms with Gasteiger partial charge in [-0.15, -0.1) is 5.10 Å². The fourth-order valence-corrected chi connectivity index (χ4v) is 2.90. The van der Waals surface area contributed by atoms with E-state index < -0.39 is 0 Å². The Labute approximate surface area is 121 Å². The highest BCUT2D eigenvalue weighted by atomic mass is 32.1. The zero-order valence-electron chi connectivity index (χ0n) is 11.0. The number of rotatable bonds is 3. The van der Waals surface area contributed by atoms with Gasteiger partial charge in [0.05, 0.1) is 0 Å². The molecular weight excluding hydrogens is 272 g/mol. The number of nitrogens with one attached hydrogen (secondary N) is 1.